The highest BCUT2D eigenvalue weighted by atomic mass is 35.5. The lowest BCUT2D eigenvalue weighted by Gasteiger charge is -2.07. The van der Waals surface area contributed by atoms with Gasteiger partial charge in [-0.05, 0) is 23.8 Å². The highest BCUT2D eigenvalue weighted by molar-refractivity contribution is 6.34. The summed E-state index contributed by atoms with van der Waals surface area (Å²) in [5, 5.41) is 1.49. The summed E-state index contributed by atoms with van der Waals surface area (Å²) in [5.74, 6) is 0.892. The van der Waals surface area contributed by atoms with E-state index in [-0.39, 0.29) is 0 Å². The van der Waals surface area contributed by atoms with Crippen LogP contribution in [0, 0.1) is 0 Å². The van der Waals surface area contributed by atoms with E-state index in [4.69, 9.17) is 45.3 Å². The number of rotatable bonds is 3. The van der Waals surface area contributed by atoms with Gasteiger partial charge in [0.15, 0.2) is 0 Å². The van der Waals surface area contributed by atoms with E-state index in [1.807, 2.05) is 0 Å². The average molecular weight is 304 g/mol. The van der Waals surface area contributed by atoms with Crippen molar-refractivity contribution < 1.29 is 4.74 Å². The van der Waals surface area contributed by atoms with Crippen LogP contribution in [0.25, 0.3) is 0 Å². The Bertz CT molecular complexity index is 555. The normalized spacial score (nSPS) is 10.4. The molecule has 94 valence electrons. The smallest absolute Gasteiger partial charge is 0.219 e. The van der Waals surface area contributed by atoms with Crippen molar-refractivity contribution in [2.45, 2.75) is 6.54 Å². The van der Waals surface area contributed by atoms with Gasteiger partial charge in [0.1, 0.15) is 5.75 Å². The molecule has 2 N–H and O–H groups in total. The molecule has 1 heterocycles. The van der Waals surface area contributed by atoms with Crippen LogP contribution in [-0.4, -0.2) is 4.98 Å². The Balaban J connectivity index is 2.28. The monoisotopic (exact) mass is 302 g/mol. The molecule has 0 spiro atoms. The van der Waals surface area contributed by atoms with Crippen LogP contribution < -0.4 is 10.5 Å². The topological polar surface area (TPSA) is 48.1 Å². The molecule has 0 bridgehead atoms. The molecule has 0 fully saturated rings. The molecule has 6 heteroatoms. The highest BCUT2D eigenvalue weighted by Crippen LogP contribution is 2.28. The minimum absolute atomic E-state index is 0.314. The zero-order valence-corrected chi connectivity index (χ0v) is 11.4. The molecule has 0 saturated carbocycles. The van der Waals surface area contributed by atoms with E-state index in [9.17, 15) is 0 Å². The third-order valence-electron chi connectivity index (χ3n) is 2.19. The van der Waals surface area contributed by atoms with Crippen LogP contribution in [0.2, 0.25) is 15.1 Å². The fourth-order valence-electron chi connectivity index (χ4n) is 1.38. The van der Waals surface area contributed by atoms with Crippen molar-refractivity contribution in [3.05, 3.63) is 51.1 Å². The van der Waals surface area contributed by atoms with E-state index >= 15 is 0 Å². The molecule has 18 heavy (non-hydrogen) atoms. The Morgan fingerprint density at radius 2 is 1.72 bits per heavy atom. The van der Waals surface area contributed by atoms with E-state index in [2.05, 4.69) is 4.98 Å². The minimum Gasteiger partial charge on any atom is -0.439 e. The minimum atomic E-state index is 0.314. The Morgan fingerprint density at radius 3 is 2.33 bits per heavy atom. The molecular weight excluding hydrogens is 295 g/mol. The van der Waals surface area contributed by atoms with Crippen molar-refractivity contribution in [3.63, 3.8) is 0 Å². The van der Waals surface area contributed by atoms with E-state index in [0.717, 1.165) is 5.56 Å². The Hall–Kier alpha value is -1.00. The summed E-state index contributed by atoms with van der Waals surface area (Å²) >= 11 is 17.7. The largest absolute Gasteiger partial charge is 0.439 e. The Kier molecular flexibility index (Phi) is 4.30. The standard InChI is InChI=1S/C12H9Cl3N2O/c13-8-2-9(14)4-10(3-8)18-12-1-7(5-16)11(15)6-17-12/h1-4,6H,5,16H2. The SMILES string of the molecule is NCc1cc(Oc2cc(Cl)cc(Cl)c2)ncc1Cl. The second-order valence-corrected chi connectivity index (χ2v) is 4.81. The summed E-state index contributed by atoms with van der Waals surface area (Å²) in [6, 6.07) is 6.59. The maximum atomic E-state index is 5.91. The van der Waals surface area contributed by atoms with Gasteiger partial charge in [-0.2, -0.15) is 0 Å². The molecule has 3 nitrogen and oxygen atoms in total. The molecule has 0 unspecified atom stereocenters. The molecule has 0 aliphatic carbocycles. The summed E-state index contributed by atoms with van der Waals surface area (Å²) in [5.41, 5.74) is 6.31. The van der Waals surface area contributed by atoms with Crippen LogP contribution in [-0.2, 0) is 6.54 Å². The van der Waals surface area contributed by atoms with Gasteiger partial charge in [-0.3, -0.25) is 0 Å². The van der Waals surface area contributed by atoms with E-state index in [1.165, 1.54) is 6.20 Å². The number of ether oxygens (including phenoxy) is 1. The lowest BCUT2D eigenvalue weighted by atomic mass is 10.2. The molecule has 0 aliphatic heterocycles. The van der Waals surface area contributed by atoms with Gasteiger partial charge in [0, 0.05) is 28.9 Å². The molecule has 1 aromatic carbocycles. The predicted molar refractivity (Wildman–Crippen MR) is 73.7 cm³/mol. The predicted octanol–water partition coefficient (Wildman–Crippen LogP) is 4.29. The second kappa shape index (κ2) is 5.76. The second-order valence-electron chi connectivity index (χ2n) is 3.53. The summed E-state index contributed by atoms with van der Waals surface area (Å²) in [4.78, 5) is 4.05. The van der Waals surface area contributed by atoms with Crippen molar-refractivity contribution in [1.29, 1.82) is 0 Å². The first-order valence-corrected chi connectivity index (χ1v) is 6.20. The fourth-order valence-corrected chi connectivity index (χ4v) is 2.07. The van der Waals surface area contributed by atoms with Crippen LogP contribution in [0.4, 0.5) is 0 Å². The van der Waals surface area contributed by atoms with Crippen LogP contribution in [0.5, 0.6) is 11.6 Å². The molecule has 0 atom stereocenters. The molecule has 1 aromatic heterocycles. The van der Waals surface area contributed by atoms with E-state index in [1.54, 1.807) is 24.3 Å². The first-order chi connectivity index (χ1) is 8.58. The molecule has 0 amide bonds. The summed E-state index contributed by atoms with van der Waals surface area (Å²) < 4.78 is 5.54. The fraction of sp³-hybridized carbons (Fsp3) is 0.0833. The van der Waals surface area contributed by atoms with Crippen molar-refractivity contribution in [2.24, 2.45) is 5.73 Å². The van der Waals surface area contributed by atoms with Crippen molar-refractivity contribution >= 4 is 34.8 Å². The third-order valence-corrected chi connectivity index (χ3v) is 2.96. The Morgan fingerprint density at radius 1 is 1.06 bits per heavy atom. The number of halogens is 3. The maximum Gasteiger partial charge on any atom is 0.219 e. The third kappa shape index (κ3) is 3.27. The Labute approximate surface area is 119 Å². The van der Waals surface area contributed by atoms with Gasteiger partial charge in [-0.15, -0.1) is 0 Å². The van der Waals surface area contributed by atoms with Crippen LogP contribution in [0.3, 0.4) is 0 Å². The first-order valence-electron chi connectivity index (χ1n) is 5.07. The average Bonchev–Trinajstić information content (AvgIpc) is 2.30. The number of pyridine rings is 1. The lowest BCUT2D eigenvalue weighted by Crippen LogP contribution is -1.99. The zero-order valence-electron chi connectivity index (χ0n) is 9.16. The van der Waals surface area contributed by atoms with Gasteiger partial charge in [-0.25, -0.2) is 4.98 Å². The molecule has 0 radical (unpaired) electrons. The first kappa shape index (κ1) is 13.4. The number of nitrogens with zero attached hydrogens (tertiary/aromatic N) is 1. The zero-order chi connectivity index (χ0) is 13.1. The number of nitrogens with two attached hydrogens (primary N) is 1. The number of aromatic nitrogens is 1. The van der Waals surface area contributed by atoms with Gasteiger partial charge in [0.05, 0.1) is 5.02 Å². The van der Waals surface area contributed by atoms with Crippen LogP contribution in [0.1, 0.15) is 5.56 Å². The van der Waals surface area contributed by atoms with E-state index in [0.29, 0.717) is 33.2 Å². The molecular formula is C12H9Cl3N2O. The summed E-state index contributed by atoms with van der Waals surface area (Å²) in [6.07, 6.45) is 1.49. The van der Waals surface area contributed by atoms with Crippen molar-refractivity contribution in [1.82, 2.24) is 4.98 Å². The highest BCUT2D eigenvalue weighted by Gasteiger charge is 2.05. The van der Waals surface area contributed by atoms with E-state index < -0.39 is 0 Å². The van der Waals surface area contributed by atoms with Gasteiger partial charge in [-0.1, -0.05) is 34.8 Å². The number of hydrogen-bond donors (Lipinski definition) is 1. The van der Waals surface area contributed by atoms with Gasteiger partial charge >= 0.3 is 0 Å². The molecule has 0 aliphatic rings. The number of hydrogen-bond acceptors (Lipinski definition) is 3. The maximum absolute atomic E-state index is 5.91. The molecule has 0 saturated heterocycles. The molecule has 2 aromatic rings. The summed E-state index contributed by atoms with van der Waals surface area (Å²) in [7, 11) is 0. The van der Waals surface area contributed by atoms with Gasteiger partial charge < -0.3 is 10.5 Å². The number of benzene rings is 1. The van der Waals surface area contributed by atoms with Crippen molar-refractivity contribution in [2.75, 3.05) is 0 Å². The van der Waals surface area contributed by atoms with Gasteiger partial charge in [0.25, 0.3) is 0 Å². The van der Waals surface area contributed by atoms with Gasteiger partial charge in [0.2, 0.25) is 5.88 Å². The summed E-state index contributed by atoms with van der Waals surface area (Å²) in [6.45, 7) is 0.314. The lowest BCUT2D eigenvalue weighted by molar-refractivity contribution is 0.462. The molecule has 2 rings (SSSR count). The van der Waals surface area contributed by atoms with Crippen LogP contribution >= 0.6 is 34.8 Å². The quantitative estimate of drug-likeness (QED) is 0.920. The van der Waals surface area contributed by atoms with Crippen molar-refractivity contribution in [3.8, 4) is 11.6 Å². The van der Waals surface area contributed by atoms with Crippen LogP contribution in [0.15, 0.2) is 30.5 Å².